The summed E-state index contributed by atoms with van der Waals surface area (Å²) in [7, 11) is 2.68. The highest BCUT2D eigenvalue weighted by molar-refractivity contribution is 6.07. The third-order valence-electron chi connectivity index (χ3n) is 13.3. The van der Waals surface area contributed by atoms with Crippen molar-refractivity contribution in [3.63, 3.8) is 0 Å². The molecule has 5 aromatic rings. The molecule has 0 spiro atoms. The van der Waals surface area contributed by atoms with E-state index >= 15 is 0 Å². The van der Waals surface area contributed by atoms with Gasteiger partial charge in [-0.25, -0.2) is 19.6 Å². The van der Waals surface area contributed by atoms with Crippen molar-refractivity contribution < 1.29 is 33.3 Å². The van der Waals surface area contributed by atoms with E-state index in [1.165, 1.54) is 14.2 Å². The number of epoxide rings is 1. The Bertz CT molecular complexity index is 2500. The molecule has 3 fully saturated rings. The van der Waals surface area contributed by atoms with Crippen LogP contribution in [0, 0.1) is 11.8 Å². The highest BCUT2D eigenvalue weighted by Gasteiger charge is 2.55. The van der Waals surface area contributed by atoms with Gasteiger partial charge in [-0.15, -0.1) is 0 Å². The van der Waals surface area contributed by atoms with Gasteiger partial charge in [0.2, 0.25) is 5.91 Å². The minimum atomic E-state index is -0.709. The number of alkyl carbamates (subject to hydrolysis) is 2. The van der Waals surface area contributed by atoms with E-state index in [0.29, 0.717) is 12.6 Å². The Morgan fingerprint density at radius 2 is 1.59 bits per heavy atom. The summed E-state index contributed by atoms with van der Waals surface area (Å²) in [6, 6.07) is 14.2. The van der Waals surface area contributed by atoms with Gasteiger partial charge in [0, 0.05) is 23.0 Å². The number of amides is 3. The smallest absolute Gasteiger partial charge is 0.407 e. The quantitative estimate of drug-likeness (QED) is 0.102. The summed E-state index contributed by atoms with van der Waals surface area (Å²) in [5.74, 6) is 2.37. The van der Waals surface area contributed by atoms with Crippen molar-refractivity contribution in [2.24, 2.45) is 11.8 Å². The molecule has 8 atom stereocenters. The van der Waals surface area contributed by atoms with Crippen LogP contribution in [-0.4, -0.2) is 98.5 Å². The zero-order valence-corrected chi connectivity index (χ0v) is 36.1. The molecule has 15 nitrogen and oxygen atoms in total. The van der Waals surface area contributed by atoms with Crippen LogP contribution in [-0.2, 0) is 25.6 Å². The van der Waals surface area contributed by atoms with Crippen LogP contribution in [0.2, 0.25) is 0 Å². The van der Waals surface area contributed by atoms with E-state index in [-0.39, 0.29) is 54.2 Å². The van der Waals surface area contributed by atoms with E-state index in [1.54, 1.807) is 0 Å². The summed E-state index contributed by atoms with van der Waals surface area (Å²) in [6.45, 7) is 12.7. The van der Waals surface area contributed by atoms with Crippen LogP contribution in [0.4, 0.5) is 9.59 Å². The van der Waals surface area contributed by atoms with Gasteiger partial charge in [0.25, 0.3) is 0 Å². The Balaban J connectivity index is 0.951. The molecule has 0 bridgehead atoms. The molecule has 8 unspecified atom stereocenters. The summed E-state index contributed by atoms with van der Waals surface area (Å²) >= 11 is 0. The Morgan fingerprint density at radius 3 is 2.34 bits per heavy atom. The fourth-order valence-electron chi connectivity index (χ4n) is 9.92. The molecular formula is C46H56N8O7. The Labute approximate surface area is 355 Å². The summed E-state index contributed by atoms with van der Waals surface area (Å²) < 4.78 is 22.5. The topological polar surface area (TPSA) is 179 Å². The maximum atomic E-state index is 13.9. The van der Waals surface area contributed by atoms with E-state index in [9.17, 15) is 14.4 Å². The number of carbonyl (C=O) groups is 3. The predicted octanol–water partition coefficient (Wildman–Crippen LogP) is 7.73. The molecule has 61 heavy (non-hydrogen) atoms. The molecule has 322 valence electrons. The minimum absolute atomic E-state index is 0.00540. The Hall–Kier alpha value is -5.67. The lowest BCUT2D eigenvalue weighted by Gasteiger charge is -2.32. The largest absolute Gasteiger partial charge is 0.488 e. The van der Waals surface area contributed by atoms with Crippen LogP contribution < -0.4 is 15.4 Å². The van der Waals surface area contributed by atoms with Gasteiger partial charge in [-0.3, -0.25) is 9.69 Å². The number of fused-ring (bicyclic) bond motifs is 6. The number of carbonyl (C=O) groups excluding carboxylic acids is 3. The Morgan fingerprint density at radius 1 is 0.836 bits per heavy atom. The lowest BCUT2D eigenvalue weighted by molar-refractivity contribution is -0.137. The number of rotatable bonds is 10. The zero-order valence-electron chi connectivity index (χ0n) is 36.1. The molecule has 15 heteroatoms. The second kappa shape index (κ2) is 16.0. The Kier molecular flexibility index (Phi) is 10.7. The first-order valence-electron chi connectivity index (χ1n) is 21.6. The molecule has 0 aliphatic carbocycles. The van der Waals surface area contributed by atoms with E-state index in [0.717, 1.165) is 92.8 Å². The molecule has 2 aromatic heterocycles. The fraction of sp³-hybridized carbons (Fsp3) is 0.500. The normalized spacial score (nSPS) is 24.4. The number of likely N-dealkylation sites (tertiary alicyclic amines) is 2. The number of benzene rings is 3. The van der Waals surface area contributed by atoms with Crippen molar-refractivity contribution in [1.82, 2.24) is 40.4 Å². The molecule has 9 rings (SSSR count). The summed E-state index contributed by atoms with van der Waals surface area (Å²) in [5, 5.41) is 7.82. The van der Waals surface area contributed by atoms with E-state index < -0.39 is 18.2 Å². The maximum Gasteiger partial charge on any atom is 0.407 e. The molecular weight excluding hydrogens is 777 g/mol. The van der Waals surface area contributed by atoms with Crippen molar-refractivity contribution >= 4 is 39.9 Å². The summed E-state index contributed by atoms with van der Waals surface area (Å²) in [6.07, 6.45) is 4.08. The van der Waals surface area contributed by atoms with Gasteiger partial charge in [0.15, 0.2) is 0 Å². The number of H-pyrrole nitrogens is 2. The first-order valence-corrected chi connectivity index (χ1v) is 21.6. The number of ether oxygens (including phenoxy) is 4. The lowest BCUT2D eigenvalue weighted by Crippen LogP contribution is -2.52. The van der Waals surface area contributed by atoms with Crippen LogP contribution in [0.25, 0.3) is 44.2 Å². The van der Waals surface area contributed by atoms with E-state index in [4.69, 9.17) is 28.9 Å². The van der Waals surface area contributed by atoms with Crippen LogP contribution >= 0.6 is 0 Å². The molecule has 0 saturated carbocycles. The van der Waals surface area contributed by atoms with Gasteiger partial charge in [-0.05, 0) is 97.7 Å². The van der Waals surface area contributed by atoms with Crippen LogP contribution in [0.15, 0.2) is 48.7 Å². The molecule has 3 saturated heterocycles. The fourth-order valence-corrected chi connectivity index (χ4v) is 9.92. The van der Waals surface area contributed by atoms with Gasteiger partial charge >= 0.3 is 12.2 Å². The second-order valence-corrected chi connectivity index (χ2v) is 17.8. The number of hydrogen-bond donors (Lipinski definition) is 4. The maximum absolute atomic E-state index is 13.9. The average Bonchev–Trinajstić information content (AvgIpc) is 3.66. The van der Waals surface area contributed by atoms with Crippen molar-refractivity contribution in [2.45, 2.75) is 122 Å². The zero-order chi connectivity index (χ0) is 42.9. The molecule has 3 aromatic carbocycles. The highest BCUT2D eigenvalue weighted by atomic mass is 16.6. The first-order chi connectivity index (χ1) is 29.3. The van der Waals surface area contributed by atoms with Crippen molar-refractivity contribution in [3.05, 3.63) is 65.9 Å². The standard InChI is InChI=1S/C46H56N8O7/c1-22(2)37(51-45(56)58-7)40-44(61-40)54-25(6)10-16-35(54)42-48-32-14-12-26-18-31-29-13-11-27(17-28(29)21-60-36(31)19-30(26)39(32)50-42)33-20-47-41(49-33)34-15-9-24(5)53(34)43(55)38(23(3)4)52-46(57)59-8/h11-14,17-20,22-25,34-35,37-38,40,44H,9-10,15-16,21H2,1-8H3,(H,47,49)(H,48,50)(H,51,56)(H,52,57). The number of hydrogen-bond acceptors (Lipinski definition) is 10. The van der Waals surface area contributed by atoms with E-state index in [1.807, 2.05) is 31.9 Å². The van der Waals surface area contributed by atoms with Gasteiger partial charge < -0.3 is 44.4 Å². The predicted molar refractivity (Wildman–Crippen MR) is 230 cm³/mol. The molecule has 4 aliphatic heterocycles. The van der Waals surface area contributed by atoms with Gasteiger partial charge in [0.1, 0.15) is 42.4 Å². The first kappa shape index (κ1) is 40.7. The van der Waals surface area contributed by atoms with Crippen molar-refractivity contribution in [3.8, 4) is 28.1 Å². The number of aromatic amines is 2. The van der Waals surface area contributed by atoms with Crippen LogP contribution in [0.1, 0.15) is 96.5 Å². The molecule has 6 heterocycles. The number of aromatic nitrogens is 4. The third kappa shape index (κ3) is 7.34. The van der Waals surface area contributed by atoms with E-state index in [2.05, 4.69) is 88.7 Å². The summed E-state index contributed by atoms with van der Waals surface area (Å²) in [4.78, 5) is 59.6. The van der Waals surface area contributed by atoms with Crippen molar-refractivity contribution in [2.75, 3.05) is 14.2 Å². The molecule has 4 N–H and O–H groups in total. The number of imidazole rings is 2. The summed E-state index contributed by atoms with van der Waals surface area (Å²) in [5.41, 5.74) is 6.93. The third-order valence-corrected chi connectivity index (χ3v) is 13.3. The number of nitrogens with zero attached hydrogens (tertiary/aromatic N) is 4. The minimum Gasteiger partial charge on any atom is -0.488 e. The van der Waals surface area contributed by atoms with Gasteiger partial charge in [-0.2, -0.15) is 0 Å². The lowest BCUT2D eigenvalue weighted by atomic mass is 9.92. The molecule has 4 aliphatic rings. The number of nitrogens with one attached hydrogen (secondary N) is 4. The van der Waals surface area contributed by atoms with Crippen LogP contribution in [0.3, 0.4) is 0 Å². The number of methoxy groups -OCH3 is 2. The molecule has 0 radical (unpaired) electrons. The SMILES string of the molecule is COC(=O)NC(C(=O)N1C(C)CCC1c1ncc(-c2ccc3c(c2)COc2cc4c(ccc5[nH]c(C6CCC(C)N6C6OC6C(NC(=O)OC)C(C)C)nc54)cc2-3)[nH]1)C(C)C. The monoisotopic (exact) mass is 832 g/mol. The second-order valence-electron chi connectivity index (χ2n) is 17.8. The average molecular weight is 833 g/mol. The van der Waals surface area contributed by atoms with Gasteiger partial charge in [-0.1, -0.05) is 45.9 Å². The highest BCUT2D eigenvalue weighted by Crippen LogP contribution is 2.47. The molecule has 3 amide bonds. The van der Waals surface area contributed by atoms with Crippen molar-refractivity contribution in [1.29, 1.82) is 0 Å². The van der Waals surface area contributed by atoms with Gasteiger partial charge in [0.05, 0.1) is 55.3 Å². The van der Waals surface area contributed by atoms with Crippen LogP contribution in [0.5, 0.6) is 5.75 Å².